The molecule has 0 bridgehead atoms. The van der Waals surface area contributed by atoms with Crippen molar-refractivity contribution in [2.45, 2.75) is 33.1 Å². The van der Waals surface area contributed by atoms with E-state index in [1.165, 1.54) is 5.57 Å². The van der Waals surface area contributed by atoms with Crippen molar-refractivity contribution in [3.05, 3.63) is 23.8 Å². The Morgan fingerprint density at radius 3 is 2.69 bits per heavy atom. The molecule has 2 nitrogen and oxygen atoms in total. The maximum atomic E-state index is 11.1. The third kappa shape index (κ3) is 8.55. The normalized spacial score (nSPS) is 9.62. The van der Waals surface area contributed by atoms with Gasteiger partial charge < -0.3 is 0 Å². The van der Waals surface area contributed by atoms with Crippen molar-refractivity contribution in [1.29, 1.82) is 5.26 Å². The first kappa shape index (κ1) is 11.6. The summed E-state index contributed by atoms with van der Waals surface area (Å²) in [5.41, 5.74) is 1.17. The molecule has 0 rings (SSSR count). The summed E-state index contributed by atoms with van der Waals surface area (Å²) in [6, 6.07) is 2.01. The molecular weight excluding hydrogens is 162 g/mol. The molecular formula is C11H15NO. The number of hydrogen-bond acceptors (Lipinski definition) is 2. The highest BCUT2D eigenvalue weighted by Crippen LogP contribution is 1.97. The molecule has 0 radical (unpaired) electrons. The second-order valence-electron chi connectivity index (χ2n) is 3.08. The Hall–Kier alpha value is -1.36. The maximum absolute atomic E-state index is 11.1. The largest absolute Gasteiger partial charge is 0.295 e. The Kier molecular flexibility index (Phi) is 6.53. The third-order valence-corrected chi connectivity index (χ3v) is 1.42. The highest BCUT2D eigenvalue weighted by atomic mass is 16.1. The van der Waals surface area contributed by atoms with E-state index in [0.717, 1.165) is 0 Å². The van der Waals surface area contributed by atoms with Crippen LogP contribution in [0, 0.1) is 11.3 Å². The number of nitriles is 1. The number of hydrogen-bond donors (Lipinski definition) is 0. The molecule has 0 spiro atoms. The van der Waals surface area contributed by atoms with Crippen LogP contribution in [0.2, 0.25) is 0 Å². The lowest BCUT2D eigenvalue weighted by Crippen LogP contribution is -1.90. The van der Waals surface area contributed by atoms with Crippen LogP contribution in [0.1, 0.15) is 33.1 Å². The number of nitrogens with zero attached hydrogens (tertiary/aromatic N) is 1. The Labute approximate surface area is 79.6 Å². The Morgan fingerprint density at radius 2 is 2.15 bits per heavy atom. The molecule has 0 fully saturated rings. The SMILES string of the molecule is CC(C)=C/C=C/C(=O)CCCC#N. The zero-order chi connectivity index (χ0) is 10.1. The molecule has 0 aromatic rings. The molecule has 70 valence electrons. The van der Waals surface area contributed by atoms with E-state index < -0.39 is 0 Å². The van der Waals surface area contributed by atoms with E-state index in [2.05, 4.69) is 0 Å². The van der Waals surface area contributed by atoms with Gasteiger partial charge in [-0.2, -0.15) is 5.26 Å². The number of allylic oxidation sites excluding steroid dienone is 4. The second-order valence-corrected chi connectivity index (χ2v) is 3.08. The van der Waals surface area contributed by atoms with E-state index in [0.29, 0.717) is 19.3 Å². The molecule has 0 saturated carbocycles. The molecule has 2 heteroatoms. The summed E-state index contributed by atoms with van der Waals surface area (Å²) in [5, 5.41) is 8.24. The second kappa shape index (κ2) is 7.30. The van der Waals surface area contributed by atoms with E-state index in [-0.39, 0.29) is 5.78 Å². The first-order valence-corrected chi connectivity index (χ1v) is 4.38. The van der Waals surface area contributed by atoms with Gasteiger partial charge in [-0.3, -0.25) is 4.79 Å². The zero-order valence-electron chi connectivity index (χ0n) is 8.21. The summed E-state index contributed by atoms with van der Waals surface area (Å²) >= 11 is 0. The fraction of sp³-hybridized carbons (Fsp3) is 0.455. The summed E-state index contributed by atoms with van der Waals surface area (Å²) in [7, 11) is 0. The van der Waals surface area contributed by atoms with Gasteiger partial charge in [-0.25, -0.2) is 0 Å². The molecule has 0 amide bonds. The van der Waals surface area contributed by atoms with E-state index in [1.807, 2.05) is 26.0 Å². The van der Waals surface area contributed by atoms with Crippen LogP contribution < -0.4 is 0 Å². The van der Waals surface area contributed by atoms with Crippen LogP contribution in [-0.4, -0.2) is 5.78 Å². The van der Waals surface area contributed by atoms with Crippen LogP contribution in [0.15, 0.2) is 23.8 Å². The first-order chi connectivity index (χ1) is 6.16. The van der Waals surface area contributed by atoms with Gasteiger partial charge in [-0.15, -0.1) is 0 Å². The lowest BCUT2D eigenvalue weighted by molar-refractivity contribution is -0.114. The quantitative estimate of drug-likeness (QED) is 0.368. The minimum absolute atomic E-state index is 0.0905. The monoisotopic (exact) mass is 177 g/mol. The van der Waals surface area contributed by atoms with Gasteiger partial charge in [0, 0.05) is 12.8 Å². The molecule has 0 aliphatic carbocycles. The highest BCUT2D eigenvalue weighted by Gasteiger charge is 1.94. The topological polar surface area (TPSA) is 40.9 Å². The van der Waals surface area contributed by atoms with Gasteiger partial charge in [0.15, 0.2) is 5.78 Å². The minimum Gasteiger partial charge on any atom is -0.295 e. The van der Waals surface area contributed by atoms with Crippen LogP contribution in [0.25, 0.3) is 0 Å². The molecule has 0 heterocycles. The predicted molar refractivity (Wildman–Crippen MR) is 53.0 cm³/mol. The van der Waals surface area contributed by atoms with Crippen molar-refractivity contribution in [2.24, 2.45) is 0 Å². The van der Waals surface area contributed by atoms with Gasteiger partial charge in [-0.1, -0.05) is 17.7 Å². The number of carbonyl (C=O) groups excluding carboxylic acids is 1. The van der Waals surface area contributed by atoms with Crippen molar-refractivity contribution in [1.82, 2.24) is 0 Å². The number of carbonyl (C=O) groups is 1. The Balaban J connectivity index is 3.69. The zero-order valence-corrected chi connectivity index (χ0v) is 8.21. The summed E-state index contributed by atoms with van der Waals surface area (Å²) in [5.74, 6) is 0.0905. The summed E-state index contributed by atoms with van der Waals surface area (Å²) < 4.78 is 0. The number of unbranched alkanes of at least 4 members (excludes halogenated alkanes) is 1. The van der Waals surface area contributed by atoms with Crippen LogP contribution in [0.4, 0.5) is 0 Å². The van der Waals surface area contributed by atoms with E-state index in [4.69, 9.17) is 5.26 Å². The average Bonchev–Trinajstić information content (AvgIpc) is 2.04. The maximum Gasteiger partial charge on any atom is 0.155 e. The van der Waals surface area contributed by atoms with Gasteiger partial charge >= 0.3 is 0 Å². The van der Waals surface area contributed by atoms with E-state index >= 15 is 0 Å². The predicted octanol–water partition coefficient (Wildman–Crippen LogP) is 2.77. The average molecular weight is 177 g/mol. The summed E-state index contributed by atoms with van der Waals surface area (Å²) in [6.07, 6.45) is 6.80. The molecule has 0 aliphatic rings. The third-order valence-electron chi connectivity index (χ3n) is 1.42. The summed E-state index contributed by atoms with van der Waals surface area (Å²) in [4.78, 5) is 11.1. The molecule has 0 aliphatic heterocycles. The Bertz CT molecular complexity index is 252. The molecule has 0 aromatic heterocycles. The molecule has 0 saturated heterocycles. The van der Waals surface area contributed by atoms with Gasteiger partial charge in [0.1, 0.15) is 0 Å². The molecule has 0 atom stereocenters. The van der Waals surface area contributed by atoms with Crippen LogP contribution in [-0.2, 0) is 4.79 Å². The highest BCUT2D eigenvalue weighted by molar-refractivity contribution is 5.89. The molecule has 0 unspecified atom stereocenters. The lowest BCUT2D eigenvalue weighted by atomic mass is 10.1. The standard InChI is InChI=1S/C11H15NO/c1-10(2)6-5-8-11(13)7-3-4-9-12/h5-6,8H,3-4,7H2,1-2H3/b8-5+. The van der Waals surface area contributed by atoms with Crippen molar-refractivity contribution in [3.8, 4) is 6.07 Å². The molecule has 0 aromatic carbocycles. The van der Waals surface area contributed by atoms with Gasteiger partial charge in [0.25, 0.3) is 0 Å². The smallest absolute Gasteiger partial charge is 0.155 e. The van der Waals surface area contributed by atoms with Crippen LogP contribution in [0.5, 0.6) is 0 Å². The van der Waals surface area contributed by atoms with E-state index in [9.17, 15) is 4.79 Å². The number of ketones is 1. The molecule has 0 N–H and O–H groups in total. The minimum atomic E-state index is 0.0905. The van der Waals surface area contributed by atoms with Crippen molar-refractivity contribution >= 4 is 5.78 Å². The lowest BCUT2D eigenvalue weighted by Gasteiger charge is -1.89. The summed E-state index contributed by atoms with van der Waals surface area (Å²) in [6.45, 7) is 3.95. The fourth-order valence-electron chi connectivity index (χ4n) is 0.773. The van der Waals surface area contributed by atoms with Gasteiger partial charge in [0.05, 0.1) is 6.07 Å². The fourth-order valence-corrected chi connectivity index (χ4v) is 0.773. The molecule has 13 heavy (non-hydrogen) atoms. The van der Waals surface area contributed by atoms with Crippen LogP contribution >= 0.6 is 0 Å². The first-order valence-electron chi connectivity index (χ1n) is 4.38. The van der Waals surface area contributed by atoms with E-state index in [1.54, 1.807) is 12.2 Å². The van der Waals surface area contributed by atoms with Crippen molar-refractivity contribution in [3.63, 3.8) is 0 Å². The van der Waals surface area contributed by atoms with Gasteiger partial charge in [0.2, 0.25) is 0 Å². The van der Waals surface area contributed by atoms with Crippen molar-refractivity contribution < 1.29 is 4.79 Å². The van der Waals surface area contributed by atoms with Gasteiger partial charge in [-0.05, 0) is 26.3 Å². The Morgan fingerprint density at radius 1 is 1.46 bits per heavy atom. The van der Waals surface area contributed by atoms with Crippen LogP contribution in [0.3, 0.4) is 0 Å². The van der Waals surface area contributed by atoms with Crippen molar-refractivity contribution in [2.75, 3.05) is 0 Å². The number of rotatable bonds is 5.